The summed E-state index contributed by atoms with van der Waals surface area (Å²) in [5.74, 6) is -2.10. The summed E-state index contributed by atoms with van der Waals surface area (Å²) >= 11 is 0. The molecule has 0 unspecified atom stereocenters. The Labute approximate surface area is 223 Å². The van der Waals surface area contributed by atoms with Gasteiger partial charge in [-0.2, -0.15) is 13.2 Å². The van der Waals surface area contributed by atoms with Crippen LogP contribution < -0.4 is 15.4 Å². The van der Waals surface area contributed by atoms with Crippen LogP contribution in [0.4, 0.5) is 17.6 Å². The molecule has 0 spiro atoms. The molecule has 2 aromatic carbocycles. The molecule has 2 atom stereocenters. The number of carbonyl (C=O) groups is 2. The molecule has 2 N–H and O–H groups in total. The zero-order valence-corrected chi connectivity index (χ0v) is 21.3. The first-order valence-corrected chi connectivity index (χ1v) is 12.5. The smallest absolute Gasteiger partial charge is 0.449 e. The summed E-state index contributed by atoms with van der Waals surface area (Å²) in [6.45, 7) is 2.67. The Kier molecular flexibility index (Phi) is 8.90. The molecular formula is C28H29F4N3O4. The second kappa shape index (κ2) is 12.3. The second-order valence-corrected chi connectivity index (χ2v) is 9.44. The SMILES string of the molecule is CC(=O)N[C@@H](Cc1cc(F)cc(OCc2ccc(C(F)(F)F)o2)c1)C[C@@H]1NCCN(Cc2ccccc2)C1=O. The maximum atomic E-state index is 14.4. The maximum Gasteiger partial charge on any atom is 0.449 e. The van der Waals surface area contributed by atoms with Crippen molar-refractivity contribution >= 4 is 11.8 Å². The van der Waals surface area contributed by atoms with E-state index in [1.807, 2.05) is 30.3 Å². The molecule has 2 heterocycles. The number of nitrogens with zero attached hydrogens (tertiary/aromatic N) is 1. The Hall–Kier alpha value is -3.86. The fourth-order valence-electron chi connectivity index (χ4n) is 4.57. The van der Waals surface area contributed by atoms with Crippen molar-refractivity contribution in [1.29, 1.82) is 0 Å². The molecule has 7 nitrogen and oxygen atoms in total. The van der Waals surface area contributed by atoms with Crippen LogP contribution in [0.2, 0.25) is 0 Å². The largest absolute Gasteiger partial charge is 0.486 e. The van der Waals surface area contributed by atoms with E-state index in [9.17, 15) is 27.2 Å². The van der Waals surface area contributed by atoms with E-state index in [-0.39, 0.29) is 42.8 Å². The summed E-state index contributed by atoms with van der Waals surface area (Å²) in [5.41, 5.74) is 1.50. The van der Waals surface area contributed by atoms with Crippen LogP contribution in [0.25, 0.3) is 0 Å². The fraction of sp³-hybridized carbons (Fsp3) is 0.357. The van der Waals surface area contributed by atoms with Crippen LogP contribution in [-0.2, 0) is 35.3 Å². The van der Waals surface area contributed by atoms with Gasteiger partial charge in [0.25, 0.3) is 0 Å². The van der Waals surface area contributed by atoms with Gasteiger partial charge in [0, 0.05) is 38.7 Å². The van der Waals surface area contributed by atoms with Crippen LogP contribution in [0.5, 0.6) is 5.75 Å². The minimum Gasteiger partial charge on any atom is -0.486 e. The minimum absolute atomic E-state index is 0.0637. The number of piperazine rings is 1. The number of alkyl halides is 3. The lowest BCUT2D eigenvalue weighted by molar-refractivity contribution is -0.153. The summed E-state index contributed by atoms with van der Waals surface area (Å²) in [6.07, 6.45) is -4.13. The van der Waals surface area contributed by atoms with Gasteiger partial charge in [0.05, 0.1) is 6.04 Å². The van der Waals surface area contributed by atoms with Gasteiger partial charge in [0.2, 0.25) is 17.6 Å². The molecule has 3 aromatic rings. The first kappa shape index (κ1) is 28.2. The number of hydrogen-bond acceptors (Lipinski definition) is 5. The monoisotopic (exact) mass is 547 g/mol. The number of carbonyl (C=O) groups excluding carboxylic acids is 2. The fourth-order valence-corrected chi connectivity index (χ4v) is 4.57. The van der Waals surface area contributed by atoms with Gasteiger partial charge in [-0.05, 0) is 48.2 Å². The third-order valence-corrected chi connectivity index (χ3v) is 6.26. The standard InChI is InChI=1S/C28H29F4N3O4/c1-18(36)34-22(15-25-27(37)35(10-9-33-25)16-19-5-3-2-4-6-19)12-20-11-21(29)14-24(13-20)38-17-23-7-8-26(39-23)28(30,31)32/h2-8,11,13-14,22,25,33H,9-10,12,15-17H2,1H3,(H,34,36)/t22-,25-/m0/s1. The van der Waals surface area contributed by atoms with Gasteiger partial charge >= 0.3 is 6.18 Å². The molecule has 0 radical (unpaired) electrons. The molecule has 1 saturated heterocycles. The summed E-state index contributed by atoms with van der Waals surface area (Å²) in [7, 11) is 0. The number of amides is 2. The average molecular weight is 548 g/mol. The Morgan fingerprint density at radius 3 is 2.62 bits per heavy atom. The number of hydrogen-bond donors (Lipinski definition) is 2. The van der Waals surface area contributed by atoms with E-state index >= 15 is 0 Å². The van der Waals surface area contributed by atoms with E-state index in [4.69, 9.17) is 9.15 Å². The number of rotatable bonds is 10. The Bertz CT molecular complexity index is 1280. The first-order chi connectivity index (χ1) is 18.6. The van der Waals surface area contributed by atoms with Crippen LogP contribution in [0.3, 0.4) is 0 Å². The number of nitrogens with one attached hydrogen (secondary N) is 2. The highest BCUT2D eigenvalue weighted by molar-refractivity contribution is 5.83. The summed E-state index contributed by atoms with van der Waals surface area (Å²) in [5, 5.41) is 6.06. The van der Waals surface area contributed by atoms with Crippen molar-refractivity contribution in [3.8, 4) is 5.75 Å². The van der Waals surface area contributed by atoms with E-state index in [1.165, 1.54) is 13.0 Å². The molecule has 1 aromatic heterocycles. The van der Waals surface area contributed by atoms with Gasteiger partial charge in [0.1, 0.15) is 23.9 Å². The molecule has 4 rings (SSSR count). The predicted octanol–water partition coefficient (Wildman–Crippen LogP) is 4.45. The Morgan fingerprint density at radius 1 is 1.15 bits per heavy atom. The molecule has 0 bridgehead atoms. The molecule has 0 saturated carbocycles. The van der Waals surface area contributed by atoms with E-state index in [2.05, 4.69) is 10.6 Å². The zero-order valence-electron chi connectivity index (χ0n) is 21.3. The highest BCUT2D eigenvalue weighted by Gasteiger charge is 2.35. The van der Waals surface area contributed by atoms with Crippen molar-refractivity contribution in [3.05, 3.63) is 89.1 Å². The van der Waals surface area contributed by atoms with E-state index in [0.717, 1.165) is 23.8 Å². The molecule has 1 fully saturated rings. The predicted molar refractivity (Wildman–Crippen MR) is 134 cm³/mol. The van der Waals surface area contributed by atoms with Crippen LogP contribution in [0.15, 0.2) is 65.1 Å². The molecule has 11 heteroatoms. The third-order valence-electron chi connectivity index (χ3n) is 6.26. The van der Waals surface area contributed by atoms with Crippen molar-refractivity contribution in [2.45, 2.75) is 51.2 Å². The summed E-state index contributed by atoms with van der Waals surface area (Å²) < 4.78 is 62.9. The number of benzene rings is 2. The van der Waals surface area contributed by atoms with Crippen LogP contribution in [-0.4, -0.2) is 41.9 Å². The van der Waals surface area contributed by atoms with Gasteiger partial charge in [-0.3, -0.25) is 9.59 Å². The van der Waals surface area contributed by atoms with Crippen molar-refractivity contribution in [2.24, 2.45) is 0 Å². The van der Waals surface area contributed by atoms with Crippen LogP contribution in [0, 0.1) is 5.82 Å². The van der Waals surface area contributed by atoms with E-state index in [0.29, 0.717) is 25.2 Å². The topological polar surface area (TPSA) is 83.8 Å². The first-order valence-electron chi connectivity index (χ1n) is 12.5. The molecule has 208 valence electrons. The number of halogens is 4. The van der Waals surface area contributed by atoms with Gasteiger partial charge in [-0.25, -0.2) is 4.39 Å². The van der Waals surface area contributed by atoms with Gasteiger partial charge in [-0.15, -0.1) is 0 Å². The van der Waals surface area contributed by atoms with E-state index in [1.54, 1.807) is 11.0 Å². The normalized spacial score (nSPS) is 16.7. The van der Waals surface area contributed by atoms with Crippen LogP contribution in [0.1, 0.15) is 36.0 Å². The summed E-state index contributed by atoms with van der Waals surface area (Å²) in [6, 6.07) is 14.5. The average Bonchev–Trinajstić information content (AvgIpc) is 3.35. The maximum absolute atomic E-state index is 14.4. The third kappa shape index (κ3) is 8.06. The highest BCUT2D eigenvalue weighted by atomic mass is 19.4. The van der Waals surface area contributed by atoms with Gasteiger partial charge in [0.15, 0.2) is 0 Å². The molecule has 1 aliphatic rings. The molecule has 0 aliphatic carbocycles. The Morgan fingerprint density at radius 2 is 1.92 bits per heavy atom. The molecular weight excluding hydrogens is 518 g/mol. The van der Waals surface area contributed by atoms with E-state index < -0.39 is 29.8 Å². The lowest BCUT2D eigenvalue weighted by Crippen LogP contribution is -2.56. The lowest BCUT2D eigenvalue weighted by atomic mass is 9.97. The van der Waals surface area contributed by atoms with Crippen LogP contribution >= 0.6 is 0 Å². The van der Waals surface area contributed by atoms with Crippen molar-refractivity contribution in [3.63, 3.8) is 0 Å². The molecule has 1 aliphatic heterocycles. The zero-order chi connectivity index (χ0) is 28.0. The summed E-state index contributed by atoms with van der Waals surface area (Å²) in [4.78, 5) is 26.9. The Balaban J connectivity index is 1.41. The number of ether oxygens (including phenoxy) is 1. The van der Waals surface area contributed by atoms with Crippen molar-refractivity contribution in [2.75, 3.05) is 13.1 Å². The molecule has 2 amide bonds. The van der Waals surface area contributed by atoms with Gasteiger partial charge < -0.3 is 24.7 Å². The van der Waals surface area contributed by atoms with Gasteiger partial charge in [-0.1, -0.05) is 30.3 Å². The highest BCUT2D eigenvalue weighted by Crippen LogP contribution is 2.31. The second-order valence-electron chi connectivity index (χ2n) is 9.44. The quantitative estimate of drug-likeness (QED) is 0.367. The van der Waals surface area contributed by atoms with Crippen molar-refractivity contribution in [1.82, 2.24) is 15.5 Å². The van der Waals surface area contributed by atoms with Crippen molar-refractivity contribution < 1.29 is 36.3 Å². The number of furan rings is 1. The minimum atomic E-state index is -4.61. The molecule has 39 heavy (non-hydrogen) atoms. The lowest BCUT2D eigenvalue weighted by Gasteiger charge is -2.35.